The number of aromatic amines is 1. The van der Waals surface area contributed by atoms with Crippen LogP contribution in [-0.2, 0) is 6.42 Å². The summed E-state index contributed by atoms with van der Waals surface area (Å²) in [5, 5.41) is 11.2. The van der Waals surface area contributed by atoms with E-state index in [4.69, 9.17) is 18.9 Å². The first kappa shape index (κ1) is 18.6. The normalized spacial score (nSPS) is 10.6. The Morgan fingerprint density at radius 1 is 0.926 bits per heavy atom. The molecule has 0 aliphatic carbocycles. The first-order valence-electron chi connectivity index (χ1n) is 8.47. The minimum Gasteiger partial charge on any atom is -0.496 e. The number of nitrogens with zero attached hydrogens (tertiary/aromatic N) is 2. The smallest absolute Gasteiger partial charge is 0.203 e. The SMILES string of the molecule is CCc1cc(-c2[nH]nnc2-c2cc(OC)c(OC)c(OC)c2)[c]cc1OC. The van der Waals surface area contributed by atoms with Crippen LogP contribution >= 0.6 is 0 Å². The van der Waals surface area contributed by atoms with Crippen molar-refractivity contribution >= 4 is 0 Å². The molecule has 1 aromatic heterocycles. The predicted molar refractivity (Wildman–Crippen MR) is 102 cm³/mol. The summed E-state index contributed by atoms with van der Waals surface area (Å²) < 4.78 is 21.7. The molecule has 0 unspecified atom stereocenters. The van der Waals surface area contributed by atoms with Crippen molar-refractivity contribution in [3.05, 3.63) is 35.9 Å². The Morgan fingerprint density at radius 2 is 1.59 bits per heavy atom. The number of aryl methyl sites for hydroxylation is 1. The number of nitrogens with one attached hydrogen (secondary N) is 1. The fourth-order valence-corrected chi connectivity index (χ4v) is 2.97. The van der Waals surface area contributed by atoms with Gasteiger partial charge in [-0.2, -0.15) is 0 Å². The van der Waals surface area contributed by atoms with Gasteiger partial charge in [0.15, 0.2) is 11.5 Å². The fourth-order valence-electron chi connectivity index (χ4n) is 2.97. The Kier molecular flexibility index (Phi) is 5.49. The summed E-state index contributed by atoms with van der Waals surface area (Å²) in [4.78, 5) is 0. The number of H-pyrrole nitrogens is 1. The van der Waals surface area contributed by atoms with Crippen LogP contribution in [0, 0.1) is 6.07 Å². The van der Waals surface area contributed by atoms with Gasteiger partial charge in [0.05, 0.1) is 34.1 Å². The third-order valence-corrected chi connectivity index (χ3v) is 4.35. The molecule has 3 aromatic rings. The quantitative estimate of drug-likeness (QED) is 0.687. The molecule has 3 rings (SSSR count). The molecule has 0 saturated carbocycles. The van der Waals surface area contributed by atoms with E-state index in [0.29, 0.717) is 22.9 Å². The zero-order chi connectivity index (χ0) is 19.4. The second kappa shape index (κ2) is 7.99. The molecular weight excluding hydrogens is 346 g/mol. The van der Waals surface area contributed by atoms with Crippen LogP contribution in [0.3, 0.4) is 0 Å². The Hall–Kier alpha value is -3.22. The van der Waals surface area contributed by atoms with E-state index in [0.717, 1.165) is 34.6 Å². The molecule has 0 aliphatic heterocycles. The number of aromatic nitrogens is 3. The summed E-state index contributed by atoms with van der Waals surface area (Å²) in [6.45, 7) is 2.08. The van der Waals surface area contributed by atoms with Crippen molar-refractivity contribution < 1.29 is 18.9 Å². The summed E-state index contributed by atoms with van der Waals surface area (Å²) in [7, 11) is 6.38. The van der Waals surface area contributed by atoms with Gasteiger partial charge in [-0.3, -0.25) is 5.10 Å². The van der Waals surface area contributed by atoms with Crippen LogP contribution in [0.1, 0.15) is 12.5 Å². The first-order chi connectivity index (χ1) is 13.2. The fraction of sp³-hybridized carbons (Fsp3) is 0.300. The van der Waals surface area contributed by atoms with Crippen molar-refractivity contribution in [3.63, 3.8) is 0 Å². The molecule has 0 aliphatic rings. The number of hydrogen-bond donors (Lipinski definition) is 1. The van der Waals surface area contributed by atoms with Gasteiger partial charge >= 0.3 is 0 Å². The van der Waals surface area contributed by atoms with Gasteiger partial charge in [-0.1, -0.05) is 12.1 Å². The van der Waals surface area contributed by atoms with Gasteiger partial charge < -0.3 is 18.9 Å². The molecular formula is C20H22N3O4. The standard InChI is InChI=1S/C20H22N3O4/c1-6-12-9-13(7-8-15(12)24-2)18-19(22-23-21-18)14-10-16(25-3)20(27-5)17(11-14)26-4/h8-11H,6H2,1-5H3,(H,21,22,23). The van der Waals surface area contributed by atoms with E-state index in [1.165, 1.54) is 0 Å². The average molecular weight is 368 g/mol. The largest absolute Gasteiger partial charge is 0.496 e. The van der Waals surface area contributed by atoms with Gasteiger partial charge in [-0.05, 0) is 42.3 Å². The zero-order valence-corrected chi connectivity index (χ0v) is 16.0. The molecule has 0 amide bonds. The summed E-state index contributed by atoms with van der Waals surface area (Å²) in [5.74, 6) is 2.43. The van der Waals surface area contributed by atoms with Crippen LogP contribution in [0.4, 0.5) is 0 Å². The molecule has 0 bridgehead atoms. The molecule has 0 fully saturated rings. The van der Waals surface area contributed by atoms with Gasteiger partial charge in [0.2, 0.25) is 5.75 Å². The highest BCUT2D eigenvalue weighted by molar-refractivity contribution is 5.80. The lowest BCUT2D eigenvalue weighted by Crippen LogP contribution is -1.96. The molecule has 2 aromatic carbocycles. The minimum absolute atomic E-state index is 0.526. The Bertz CT molecular complexity index is 912. The van der Waals surface area contributed by atoms with Crippen LogP contribution in [-0.4, -0.2) is 43.8 Å². The van der Waals surface area contributed by atoms with E-state index in [-0.39, 0.29) is 0 Å². The van der Waals surface area contributed by atoms with Gasteiger partial charge in [0, 0.05) is 11.1 Å². The third kappa shape index (κ3) is 3.40. The summed E-state index contributed by atoms with van der Waals surface area (Å²) in [6, 6.07) is 10.8. The van der Waals surface area contributed by atoms with Gasteiger partial charge in [-0.15, -0.1) is 5.10 Å². The predicted octanol–water partition coefficient (Wildman–Crippen LogP) is 3.54. The number of benzene rings is 2. The van der Waals surface area contributed by atoms with E-state index in [1.54, 1.807) is 28.4 Å². The molecule has 0 saturated heterocycles. The van der Waals surface area contributed by atoms with Crippen molar-refractivity contribution in [2.45, 2.75) is 13.3 Å². The molecule has 1 radical (unpaired) electrons. The lowest BCUT2D eigenvalue weighted by molar-refractivity contribution is 0.324. The maximum absolute atomic E-state index is 5.44. The maximum atomic E-state index is 5.44. The lowest BCUT2D eigenvalue weighted by atomic mass is 10.0. The van der Waals surface area contributed by atoms with Crippen molar-refractivity contribution in [2.24, 2.45) is 0 Å². The lowest BCUT2D eigenvalue weighted by Gasteiger charge is -2.14. The van der Waals surface area contributed by atoms with Crippen LogP contribution in [0.2, 0.25) is 0 Å². The number of hydrogen-bond acceptors (Lipinski definition) is 6. The monoisotopic (exact) mass is 368 g/mol. The Labute approximate surface area is 158 Å². The molecule has 0 atom stereocenters. The van der Waals surface area contributed by atoms with Crippen LogP contribution in [0.15, 0.2) is 24.3 Å². The van der Waals surface area contributed by atoms with Crippen LogP contribution < -0.4 is 18.9 Å². The minimum atomic E-state index is 0.526. The van der Waals surface area contributed by atoms with Crippen LogP contribution in [0.25, 0.3) is 22.5 Å². The highest BCUT2D eigenvalue weighted by atomic mass is 16.5. The average Bonchev–Trinajstić information content (AvgIpc) is 3.21. The second-order valence-corrected chi connectivity index (χ2v) is 5.74. The second-order valence-electron chi connectivity index (χ2n) is 5.74. The van der Waals surface area contributed by atoms with E-state index >= 15 is 0 Å². The highest BCUT2D eigenvalue weighted by Crippen LogP contribution is 2.42. The molecule has 27 heavy (non-hydrogen) atoms. The summed E-state index contributed by atoms with van der Waals surface area (Å²) >= 11 is 0. The van der Waals surface area contributed by atoms with Crippen LogP contribution in [0.5, 0.6) is 23.0 Å². The molecule has 141 valence electrons. The highest BCUT2D eigenvalue weighted by Gasteiger charge is 2.19. The number of rotatable bonds is 7. The third-order valence-electron chi connectivity index (χ3n) is 4.35. The maximum Gasteiger partial charge on any atom is 0.203 e. The van der Waals surface area contributed by atoms with Crippen molar-refractivity contribution in [1.82, 2.24) is 15.4 Å². The number of ether oxygens (including phenoxy) is 4. The van der Waals surface area contributed by atoms with Crippen molar-refractivity contribution in [2.75, 3.05) is 28.4 Å². The van der Waals surface area contributed by atoms with E-state index in [2.05, 4.69) is 28.4 Å². The van der Waals surface area contributed by atoms with E-state index in [1.807, 2.05) is 24.3 Å². The molecule has 1 heterocycles. The topological polar surface area (TPSA) is 78.5 Å². The van der Waals surface area contributed by atoms with E-state index in [9.17, 15) is 0 Å². The molecule has 1 N–H and O–H groups in total. The molecule has 0 spiro atoms. The summed E-state index contributed by atoms with van der Waals surface area (Å²) in [6.07, 6.45) is 0.839. The zero-order valence-electron chi connectivity index (χ0n) is 16.0. The van der Waals surface area contributed by atoms with Crippen molar-refractivity contribution in [3.8, 4) is 45.5 Å². The van der Waals surface area contributed by atoms with Crippen molar-refractivity contribution in [1.29, 1.82) is 0 Å². The molecule has 7 heteroatoms. The first-order valence-corrected chi connectivity index (χ1v) is 8.47. The van der Waals surface area contributed by atoms with Gasteiger partial charge in [0.1, 0.15) is 11.4 Å². The molecule has 7 nitrogen and oxygen atoms in total. The summed E-state index contributed by atoms with van der Waals surface area (Å²) in [5.41, 5.74) is 4.13. The van der Waals surface area contributed by atoms with Gasteiger partial charge in [0.25, 0.3) is 0 Å². The number of methoxy groups -OCH3 is 4. The Morgan fingerprint density at radius 3 is 2.15 bits per heavy atom. The van der Waals surface area contributed by atoms with Gasteiger partial charge in [-0.25, -0.2) is 0 Å². The Balaban J connectivity index is 2.13. The van der Waals surface area contributed by atoms with E-state index < -0.39 is 0 Å².